The lowest BCUT2D eigenvalue weighted by Gasteiger charge is -2.16. The number of carbonyl (C=O) groups is 1. The van der Waals surface area contributed by atoms with Gasteiger partial charge in [-0.25, -0.2) is 0 Å². The summed E-state index contributed by atoms with van der Waals surface area (Å²) in [5.41, 5.74) is 1.49. The van der Waals surface area contributed by atoms with Gasteiger partial charge in [0.05, 0.1) is 19.1 Å². The number of rotatable bonds is 9. The smallest absolute Gasteiger partial charge is 0.234 e. The van der Waals surface area contributed by atoms with E-state index in [0.29, 0.717) is 12.5 Å². The molecular formula is C21H27NO3. The van der Waals surface area contributed by atoms with E-state index in [4.69, 9.17) is 4.74 Å². The lowest BCUT2D eigenvalue weighted by Crippen LogP contribution is -2.23. The van der Waals surface area contributed by atoms with Crippen LogP contribution in [0.2, 0.25) is 0 Å². The fraction of sp³-hybridized carbons (Fsp3) is 0.381. The SMILES string of the molecule is CCCC(C)COc1ccc([C@@H](CO)C(=O)Nc2ccccc2)cc1. The summed E-state index contributed by atoms with van der Waals surface area (Å²) in [6.07, 6.45) is 2.29. The summed E-state index contributed by atoms with van der Waals surface area (Å²) in [6.45, 7) is 4.78. The van der Waals surface area contributed by atoms with Crippen molar-refractivity contribution in [1.82, 2.24) is 0 Å². The molecule has 0 saturated heterocycles. The Kier molecular flexibility index (Phi) is 7.48. The van der Waals surface area contributed by atoms with Gasteiger partial charge in [-0.1, -0.05) is 50.6 Å². The Bertz CT molecular complexity index is 640. The average Bonchev–Trinajstić information content (AvgIpc) is 2.63. The van der Waals surface area contributed by atoms with Crippen molar-refractivity contribution in [3.63, 3.8) is 0 Å². The quantitative estimate of drug-likeness (QED) is 0.718. The number of aliphatic hydroxyl groups is 1. The van der Waals surface area contributed by atoms with E-state index in [2.05, 4.69) is 19.2 Å². The maximum atomic E-state index is 12.4. The van der Waals surface area contributed by atoms with Crippen LogP contribution in [0.1, 0.15) is 38.2 Å². The minimum absolute atomic E-state index is 0.223. The van der Waals surface area contributed by atoms with Crippen LogP contribution < -0.4 is 10.1 Å². The van der Waals surface area contributed by atoms with Crippen LogP contribution in [0.4, 0.5) is 5.69 Å². The lowest BCUT2D eigenvalue weighted by atomic mass is 9.99. The maximum Gasteiger partial charge on any atom is 0.234 e. The summed E-state index contributed by atoms with van der Waals surface area (Å²) in [7, 11) is 0. The Balaban J connectivity index is 1.97. The van der Waals surface area contributed by atoms with Crippen molar-refractivity contribution in [2.24, 2.45) is 5.92 Å². The monoisotopic (exact) mass is 341 g/mol. The van der Waals surface area contributed by atoms with Crippen LogP contribution in [0.3, 0.4) is 0 Å². The van der Waals surface area contributed by atoms with E-state index in [9.17, 15) is 9.90 Å². The van der Waals surface area contributed by atoms with Gasteiger partial charge in [0.25, 0.3) is 0 Å². The van der Waals surface area contributed by atoms with Gasteiger partial charge in [-0.05, 0) is 42.2 Å². The van der Waals surface area contributed by atoms with Crippen LogP contribution in [0.15, 0.2) is 54.6 Å². The molecule has 0 bridgehead atoms. The van der Waals surface area contributed by atoms with Crippen LogP contribution in [-0.2, 0) is 4.79 Å². The zero-order valence-corrected chi connectivity index (χ0v) is 14.9. The molecular weight excluding hydrogens is 314 g/mol. The van der Waals surface area contributed by atoms with Crippen LogP contribution in [0, 0.1) is 5.92 Å². The number of ether oxygens (including phenoxy) is 1. The zero-order chi connectivity index (χ0) is 18.1. The number of para-hydroxylation sites is 1. The Morgan fingerprint density at radius 1 is 1.12 bits per heavy atom. The Labute approximate surface area is 149 Å². The second-order valence-electron chi connectivity index (χ2n) is 6.36. The van der Waals surface area contributed by atoms with Gasteiger partial charge >= 0.3 is 0 Å². The second-order valence-corrected chi connectivity index (χ2v) is 6.36. The molecule has 2 atom stereocenters. The normalized spacial score (nSPS) is 13.1. The summed E-state index contributed by atoms with van der Waals surface area (Å²) in [5.74, 6) is 0.477. The van der Waals surface area contributed by atoms with E-state index in [1.165, 1.54) is 0 Å². The average molecular weight is 341 g/mol. The highest BCUT2D eigenvalue weighted by Gasteiger charge is 2.20. The number of hydrogen-bond donors (Lipinski definition) is 2. The molecule has 0 aliphatic heterocycles. The molecule has 4 heteroatoms. The first-order chi connectivity index (χ1) is 12.1. The molecule has 0 heterocycles. The third kappa shape index (κ3) is 5.91. The predicted octanol–water partition coefficient (Wildman–Crippen LogP) is 4.22. The first-order valence-corrected chi connectivity index (χ1v) is 8.83. The number of amides is 1. The van der Waals surface area contributed by atoms with Gasteiger partial charge in [0.1, 0.15) is 5.75 Å². The molecule has 0 spiro atoms. The third-order valence-electron chi connectivity index (χ3n) is 4.14. The van der Waals surface area contributed by atoms with Crippen LogP contribution in [0.5, 0.6) is 5.75 Å². The van der Waals surface area contributed by atoms with Gasteiger partial charge in [0.2, 0.25) is 5.91 Å². The Morgan fingerprint density at radius 2 is 1.80 bits per heavy atom. The molecule has 1 amide bonds. The Hall–Kier alpha value is -2.33. The summed E-state index contributed by atoms with van der Waals surface area (Å²) >= 11 is 0. The van der Waals surface area contributed by atoms with Gasteiger partial charge in [-0.15, -0.1) is 0 Å². The molecule has 2 aromatic rings. The highest BCUT2D eigenvalue weighted by atomic mass is 16.5. The molecule has 2 aromatic carbocycles. The molecule has 0 aliphatic carbocycles. The molecule has 2 rings (SSSR count). The fourth-order valence-electron chi connectivity index (χ4n) is 2.70. The van der Waals surface area contributed by atoms with Gasteiger partial charge in [0.15, 0.2) is 0 Å². The minimum Gasteiger partial charge on any atom is -0.493 e. The number of aliphatic hydroxyl groups excluding tert-OH is 1. The molecule has 1 unspecified atom stereocenters. The van der Waals surface area contributed by atoms with Crippen LogP contribution in [0.25, 0.3) is 0 Å². The minimum atomic E-state index is -0.603. The van der Waals surface area contributed by atoms with Crippen LogP contribution >= 0.6 is 0 Å². The van der Waals surface area contributed by atoms with Crippen molar-refractivity contribution in [3.8, 4) is 5.75 Å². The number of hydrogen-bond acceptors (Lipinski definition) is 3. The summed E-state index contributed by atoms with van der Waals surface area (Å²) in [5, 5.41) is 12.5. The van der Waals surface area contributed by atoms with Crippen molar-refractivity contribution in [2.45, 2.75) is 32.6 Å². The highest BCUT2D eigenvalue weighted by molar-refractivity contribution is 5.95. The topological polar surface area (TPSA) is 58.6 Å². The van der Waals surface area contributed by atoms with E-state index in [0.717, 1.165) is 29.8 Å². The van der Waals surface area contributed by atoms with Crippen LogP contribution in [-0.4, -0.2) is 24.2 Å². The van der Waals surface area contributed by atoms with Gasteiger partial charge in [0, 0.05) is 5.69 Å². The molecule has 134 valence electrons. The fourth-order valence-corrected chi connectivity index (χ4v) is 2.70. The first kappa shape index (κ1) is 19.0. The van der Waals surface area contributed by atoms with E-state index in [1.54, 1.807) is 0 Å². The molecule has 0 radical (unpaired) electrons. The first-order valence-electron chi connectivity index (χ1n) is 8.83. The summed E-state index contributed by atoms with van der Waals surface area (Å²) < 4.78 is 5.78. The second kappa shape index (κ2) is 9.84. The molecule has 4 nitrogen and oxygen atoms in total. The molecule has 0 saturated carbocycles. The largest absolute Gasteiger partial charge is 0.493 e. The highest BCUT2D eigenvalue weighted by Crippen LogP contribution is 2.22. The molecule has 0 fully saturated rings. The van der Waals surface area contributed by atoms with E-state index in [1.807, 2.05) is 54.6 Å². The number of benzene rings is 2. The molecule has 25 heavy (non-hydrogen) atoms. The number of carbonyl (C=O) groups excluding carboxylic acids is 1. The standard InChI is InChI=1S/C21H27NO3/c1-3-7-16(2)15-25-19-12-10-17(11-13-19)20(14-23)21(24)22-18-8-5-4-6-9-18/h4-6,8-13,16,20,23H,3,7,14-15H2,1-2H3,(H,22,24)/t16?,20-/m1/s1. The van der Waals surface area contributed by atoms with Crippen molar-refractivity contribution in [1.29, 1.82) is 0 Å². The van der Waals surface area contributed by atoms with Crippen molar-refractivity contribution < 1.29 is 14.6 Å². The van der Waals surface area contributed by atoms with Gasteiger partial charge < -0.3 is 15.2 Å². The maximum absolute atomic E-state index is 12.4. The van der Waals surface area contributed by atoms with E-state index >= 15 is 0 Å². The predicted molar refractivity (Wildman–Crippen MR) is 101 cm³/mol. The third-order valence-corrected chi connectivity index (χ3v) is 4.14. The zero-order valence-electron chi connectivity index (χ0n) is 14.9. The molecule has 0 aliphatic rings. The lowest BCUT2D eigenvalue weighted by molar-refractivity contribution is -0.118. The van der Waals surface area contributed by atoms with E-state index < -0.39 is 5.92 Å². The number of nitrogens with one attached hydrogen (secondary N) is 1. The summed E-state index contributed by atoms with van der Waals surface area (Å²) in [6, 6.07) is 16.6. The van der Waals surface area contributed by atoms with Crippen molar-refractivity contribution in [3.05, 3.63) is 60.2 Å². The van der Waals surface area contributed by atoms with Crippen molar-refractivity contribution >= 4 is 11.6 Å². The van der Waals surface area contributed by atoms with Crippen molar-refractivity contribution in [2.75, 3.05) is 18.5 Å². The van der Waals surface area contributed by atoms with Gasteiger partial charge in [-0.3, -0.25) is 4.79 Å². The summed E-state index contributed by atoms with van der Waals surface area (Å²) in [4.78, 5) is 12.4. The molecule has 0 aromatic heterocycles. The number of anilines is 1. The van der Waals surface area contributed by atoms with Gasteiger partial charge in [-0.2, -0.15) is 0 Å². The van der Waals surface area contributed by atoms with E-state index in [-0.39, 0.29) is 12.5 Å². The molecule has 2 N–H and O–H groups in total. The Morgan fingerprint density at radius 3 is 2.40 bits per heavy atom.